The minimum Gasteiger partial charge on any atom is -0.368 e. The summed E-state index contributed by atoms with van der Waals surface area (Å²) in [7, 11) is 1.84. The maximum Gasteiger partial charge on any atom is 0.251 e. The Bertz CT molecular complexity index is 361. The van der Waals surface area contributed by atoms with Gasteiger partial charge in [0.15, 0.2) is 0 Å². The Morgan fingerprint density at radius 2 is 2.29 bits per heavy atom. The number of likely N-dealkylation sites (N-methyl/N-ethyl adjacent to an activating group) is 1. The molecule has 1 unspecified atom stereocenters. The van der Waals surface area contributed by atoms with Gasteiger partial charge in [-0.25, -0.2) is 0 Å². The van der Waals surface area contributed by atoms with Crippen molar-refractivity contribution in [3.63, 3.8) is 0 Å². The fraction of sp³-hybridized carbons (Fsp3) is 0.538. The molecule has 17 heavy (non-hydrogen) atoms. The third-order valence-electron chi connectivity index (χ3n) is 3.07. The molecule has 0 saturated carbocycles. The third-order valence-corrected chi connectivity index (χ3v) is 3.07. The number of aromatic nitrogens is 1. The van der Waals surface area contributed by atoms with E-state index in [1.54, 1.807) is 17.3 Å². The first-order valence-corrected chi connectivity index (χ1v) is 6.03. The number of carbonyl (C=O) groups is 1. The van der Waals surface area contributed by atoms with E-state index in [-0.39, 0.29) is 12.0 Å². The van der Waals surface area contributed by atoms with Gasteiger partial charge in [0.05, 0.1) is 0 Å². The Hall–Kier alpha value is -1.42. The van der Waals surface area contributed by atoms with Crippen molar-refractivity contribution in [2.24, 2.45) is 0 Å². The second-order valence-corrected chi connectivity index (χ2v) is 4.37. The summed E-state index contributed by atoms with van der Waals surface area (Å²) in [6, 6.07) is 3.95. The molecule has 92 valence electrons. The second-order valence-electron chi connectivity index (χ2n) is 4.37. The fourth-order valence-corrected chi connectivity index (χ4v) is 1.97. The van der Waals surface area contributed by atoms with Crippen molar-refractivity contribution in [2.45, 2.75) is 25.4 Å². The molecule has 1 fully saturated rings. The third kappa shape index (κ3) is 3.27. The van der Waals surface area contributed by atoms with Gasteiger partial charge in [-0.05, 0) is 37.0 Å². The molecule has 1 saturated heterocycles. The lowest BCUT2D eigenvalue weighted by Crippen LogP contribution is -2.37. The summed E-state index contributed by atoms with van der Waals surface area (Å²) in [4.78, 5) is 17.7. The molecule has 1 aromatic rings. The summed E-state index contributed by atoms with van der Waals surface area (Å²) in [6.45, 7) is 1.44. The molecule has 0 N–H and O–H groups in total. The van der Waals surface area contributed by atoms with Gasteiger partial charge in [0, 0.05) is 32.6 Å². The molecule has 0 aliphatic carbocycles. The lowest BCUT2D eigenvalue weighted by atomic mass is 10.2. The van der Waals surface area contributed by atoms with E-state index < -0.39 is 0 Å². The molecule has 1 atom stereocenters. The lowest BCUT2D eigenvalue weighted by molar-refractivity contribution is -0.139. The number of hydrogen-bond donors (Lipinski definition) is 0. The average molecular weight is 234 g/mol. The average Bonchev–Trinajstić information content (AvgIpc) is 2.90. The number of nitrogens with zero attached hydrogens (tertiary/aromatic N) is 2. The van der Waals surface area contributed by atoms with E-state index in [2.05, 4.69) is 4.98 Å². The Balaban J connectivity index is 1.80. The summed E-state index contributed by atoms with van der Waals surface area (Å²) < 4.78 is 5.39. The Kier molecular flexibility index (Phi) is 4.09. The summed E-state index contributed by atoms with van der Waals surface area (Å²) in [5.74, 6) is 0.108. The van der Waals surface area contributed by atoms with Gasteiger partial charge in [0.25, 0.3) is 5.91 Å². The van der Waals surface area contributed by atoms with Crippen molar-refractivity contribution in [3.8, 4) is 0 Å². The van der Waals surface area contributed by atoms with Gasteiger partial charge >= 0.3 is 0 Å². The molecule has 0 bridgehead atoms. The SMILES string of the molecule is CN(CCc1ccncc1)C(=O)C1CCCO1. The van der Waals surface area contributed by atoms with Gasteiger partial charge in [0.1, 0.15) is 6.10 Å². The topological polar surface area (TPSA) is 42.4 Å². The highest BCUT2D eigenvalue weighted by atomic mass is 16.5. The summed E-state index contributed by atoms with van der Waals surface area (Å²) in [5.41, 5.74) is 1.20. The Morgan fingerprint density at radius 3 is 2.94 bits per heavy atom. The molecule has 0 aromatic carbocycles. The van der Waals surface area contributed by atoms with Crippen molar-refractivity contribution in [3.05, 3.63) is 30.1 Å². The van der Waals surface area contributed by atoms with E-state index in [1.807, 2.05) is 19.2 Å². The van der Waals surface area contributed by atoms with Gasteiger partial charge < -0.3 is 9.64 Å². The van der Waals surface area contributed by atoms with Crippen LogP contribution in [0.5, 0.6) is 0 Å². The van der Waals surface area contributed by atoms with Gasteiger partial charge in [0.2, 0.25) is 0 Å². The normalized spacial score (nSPS) is 19.2. The zero-order valence-corrected chi connectivity index (χ0v) is 10.1. The van der Waals surface area contributed by atoms with Crippen LogP contribution < -0.4 is 0 Å². The molecule has 1 aliphatic heterocycles. The predicted molar refractivity (Wildman–Crippen MR) is 64.6 cm³/mol. The zero-order chi connectivity index (χ0) is 12.1. The van der Waals surface area contributed by atoms with Crippen LogP contribution in [0.25, 0.3) is 0 Å². The summed E-state index contributed by atoms with van der Waals surface area (Å²) in [6.07, 6.45) is 6.05. The number of hydrogen-bond acceptors (Lipinski definition) is 3. The van der Waals surface area contributed by atoms with Crippen LogP contribution in [-0.4, -0.2) is 42.1 Å². The van der Waals surface area contributed by atoms with Crippen LogP contribution in [0.1, 0.15) is 18.4 Å². The maximum atomic E-state index is 12.0. The largest absolute Gasteiger partial charge is 0.368 e. The number of pyridine rings is 1. The van der Waals surface area contributed by atoms with Crippen LogP contribution in [0.3, 0.4) is 0 Å². The van der Waals surface area contributed by atoms with E-state index in [4.69, 9.17) is 4.74 Å². The number of carbonyl (C=O) groups excluding carboxylic acids is 1. The van der Waals surface area contributed by atoms with E-state index in [0.29, 0.717) is 6.61 Å². The van der Waals surface area contributed by atoms with Crippen LogP contribution in [-0.2, 0) is 16.0 Å². The molecule has 0 radical (unpaired) electrons. The summed E-state index contributed by atoms with van der Waals surface area (Å²) in [5, 5.41) is 0. The highest BCUT2D eigenvalue weighted by Gasteiger charge is 2.25. The smallest absolute Gasteiger partial charge is 0.251 e. The molecule has 4 nitrogen and oxygen atoms in total. The van der Waals surface area contributed by atoms with Crippen LogP contribution in [0.4, 0.5) is 0 Å². The molecule has 2 rings (SSSR count). The minimum atomic E-state index is -0.211. The fourth-order valence-electron chi connectivity index (χ4n) is 1.97. The van der Waals surface area contributed by atoms with Crippen LogP contribution in [0.15, 0.2) is 24.5 Å². The van der Waals surface area contributed by atoms with E-state index >= 15 is 0 Å². The number of ether oxygens (including phenoxy) is 1. The van der Waals surface area contributed by atoms with Crippen molar-refractivity contribution in [2.75, 3.05) is 20.2 Å². The molecule has 1 amide bonds. The zero-order valence-electron chi connectivity index (χ0n) is 10.1. The molecule has 2 heterocycles. The molecular weight excluding hydrogens is 216 g/mol. The van der Waals surface area contributed by atoms with Gasteiger partial charge in [-0.3, -0.25) is 9.78 Å². The molecule has 1 aliphatic rings. The van der Waals surface area contributed by atoms with Crippen molar-refractivity contribution in [1.82, 2.24) is 9.88 Å². The predicted octanol–water partition coefficient (Wildman–Crippen LogP) is 1.26. The second kappa shape index (κ2) is 5.77. The molecule has 0 spiro atoms. The monoisotopic (exact) mass is 234 g/mol. The van der Waals surface area contributed by atoms with E-state index in [0.717, 1.165) is 25.8 Å². The van der Waals surface area contributed by atoms with Crippen LogP contribution in [0.2, 0.25) is 0 Å². The lowest BCUT2D eigenvalue weighted by Gasteiger charge is -2.20. The number of amides is 1. The standard InChI is InChI=1S/C13H18N2O2/c1-15(13(16)12-3-2-10-17-12)9-6-11-4-7-14-8-5-11/h4-5,7-8,12H,2-3,6,9-10H2,1H3. The van der Waals surface area contributed by atoms with Gasteiger partial charge in [-0.15, -0.1) is 0 Å². The first-order valence-electron chi connectivity index (χ1n) is 6.03. The quantitative estimate of drug-likeness (QED) is 0.787. The summed E-state index contributed by atoms with van der Waals surface area (Å²) >= 11 is 0. The van der Waals surface area contributed by atoms with Crippen molar-refractivity contribution in [1.29, 1.82) is 0 Å². The Morgan fingerprint density at radius 1 is 1.53 bits per heavy atom. The molecular formula is C13H18N2O2. The minimum absolute atomic E-state index is 0.108. The van der Waals surface area contributed by atoms with Crippen molar-refractivity contribution >= 4 is 5.91 Å². The van der Waals surface area contributed by atoms with E-state index in [1.165, 1.54) is 5.56 Å². The Labute approximate surface area is 102 Å². The van der Waals surface area contributed by atoms with E-state index in [9.17, 15) is 4.79 Å². The highest BCUT2D eigenvalue weighted by molar-refractivity contribution is 5.80. The van der Waals surface area contributed by atoms with Crippen LogP contribution >= 0.6 is 0 Å². The molecule has 4 heteroatoms. The van der Waals surface area contributed by atoms with Crippen molar-refractivity contribution < 1.29 is 9.53 Å². The molecule has 1 aromatic heterocycles. The highest BCUT2D eigenvalue weighted by Crippen LogP contribution is 2.14. The number of rotatable bonds is 4. The van der Waals surface area contributed by atoms with Gasteiger partial charge in [-0.1, -0.05) is 0 Å². The first-order chi connectivity index (χ1) is 8.27. The first kappa shape index (κ1) is 12.0. The van der Waals surface area contributed by atoms with Gasteiger partial charge in [-0.2, -0.15) is 0 Å². The van der Waals surface area contributed by atoms with Crippen LogP contribution in [0, 0.1) is 0 Å². The maximum absolute atomic E-state index is 12.0.